The number of fused-ring (bicyclic) bond motifs is 1. The topological polar surface area (TPSA) is 31.0 Å². The highest BCUT2D eigenvalue weighted by Gasteiger charge is 2.11. The van der Waals surface area contributed by atoms with Gasteiger partial charge in [-0.3, -0.25) is 0 Å². The molecule has 0 amide bonds. The van der Waals surface area contributed by atoms with E-state index in [1.165, 1.54) is 0 Å². The van der Waals surface area contributed by atoms with Crippen LogP contribution in [-0.4, -0.2) is 15.4 Å². The van der Waals surface area contributed by atoms with E-state index in [1.807, 2.05) is 18.2 Å². The van der Waals surface area contributed by atoms with Gasteiger partial charge in [0.05, 0.1) is 30.1 Å². The van der Waals surface area contributed by atoms with Crippen LogP contribution in [0.1, 0.15) is 11.4 Å². The van der Waals surface area contributed by atoms with E-state index in [1.54, 1.807) is 12.5 Å². The molecule has 0 radical (unpaired) electrons. The van der Waals surface area contributed by atoms with Gasteiger partial charge in [-0.2, -0.15) is 0 Å². The number of imidazole rings is 1. The van der Waals surface area contributed by atoms with Crippen molar-refractivity contribution in [1.29, 1.82) is 0 Å². The SMILES string of the molecule is ClCCc1nc2ccc(Br)cc2n1Cc1ccoc1. The van der Waals surface area contributed by atoms with E-state index in [9.17, 15) is 0 Å². The molecule has 0 aliphatic carbocycles. The predicted octanol–water partition coefficient (Wildman–Crippen LogP) is 4.22. The normalized spacial score (nSPS) is 11.3. The molecule has 0 N–H and O–H groups in total. The van der Waals surface area contributed by atoms with Crippen LogP contribution in [0.4, 0.5) is 0 Å². The summed E-state index contributed by atoms with van der Waals surface area (Å²) >= 11 is 9.37. The molecule has 0 bridgehead atoms. The Balaban J connectivity index is 2.12. The number of nitrogens with zero attached hydrogens (tertiary/aromatic N) is 2. The third-order valence-electron chi connectivity index (χ3n) is 3.03. The second-order valence-corrected chi connectivity index (χ2v) is 5.61. The Morgan fingerprint density at radius 2 is 2.21 bits per heavy atom. The Kier molecular flexibility index (Phi) is 3.62. The molecule has 0 unspecified atom stereocenters. The van der Waals surface area contributed by atoms with E-state index in [-0.39, 0.29) is 0 Å². The minimum Gasteiger partial charge on any atom is -0.472 e. The lowest BCUT2D eigenvalue weighted by molar-refractivity contribution is 0.562. The van der Waals surface area contributed by atoms with Crippen LogP contribution in [0.2, 0.25) is 0 Å². The fourth-order valence-corrected chi connectivity index (χ4v) is 2.68. The predicted molar refractivity (Wildman–Crippen MR) is 79.7 cm³/mol. The summed E-state index contributed by atoms with van der Waals surface area (Å²) in [6.07, 6.45) is 4.20. The van der Waals surface area contributed by atoms with Crippen molar-refractivity contribution in [3.63, 3.8) is 0 Å². The minimum absolute atomic E-state index is 0.565. The van der Waals surface area contributed by atoms with Gasteiger partial charge in [0.1, 0.15) is 5.82 Å². The summed E-state index contributed by atoms with van der Waals surface area (Å²) < 4.78 is 8.36. The smallest absolute Gasteiger partial charge is 0.111 e. The van der Waals surface area contributed by atoms with Crippen molar-refractivity contribution in [3.8, 4) is 0 Å². The molecule has 2 heterocycles. The molecule has 0 saturated heterocycles. The Bertz CT molecular complexity index is 691. The molecule has 98 valence electrons. The van der Waals surface area contributed by atoms with E-state index < -0.39 is 0 Å². The van der Waals surface area contributed by atoms with Crippen molar-refractivity contribution in [1.82, 2.24) is 9.55 Å². The quantitative estimate of drug-likeness (QED) is 0.666. The number of aryl methyl sites for hydroxylation is 1. The first kappa shape index (κ1) is 12.8. The van der Waals surface area contributed by atoms with E-state index in [4.69, 9.17) is 16.0 Å². The van der Waals surface area contributed by atoms with Crippen molar-refractivity contribution in [2.24, 2.45) is 0 Å². The summed E-state index contributed by atoms with van der Waals surface area (Å²) in [6, 6.07) is 8.07. The molecule has 3 rings (SSSR count). The Labute approximate surface area is 124 Å². The molecule has 19 heavy (non-hydrogen) atoms. The highest BCUT2D eigenvalue weighted by atomic mass is 79.9. The van der Waals surface area contributed by atoms with Crippen molar-refractivity contribution in [2.45, 2.75) is 13.0 Å². The second-order valence-electron chi connectivity index (χ2n) is 4.32. The van der Waals surface area contributed by atoms with Gasteiger partial charge in [-0.15, -0.1) is 11.6 Å². The maximum absolute atomic E-state index is 5.87. The van der Waals surface area contributed by atoms with Crippen LogP contribution in [0.25, 0.3) is 11.0 Å². The largest absolute Gasteiger partial charge is 0.472 e. The first-order valence-electron chi connectivity index (χ1n) is 5.99. The van der Waals surface area contributed by atoms with Gasteiger partial charge < -0.3 is 8.98 Å². The van der Waals surface area contributed by atoms with Crippen LogP contribution in [-0.2, 0) is 13.0 Å². The molecule has 3 nitrogen and oxygen atoms in total. The third kappa shape index (κ3) is 2.55. The van der Waals surface area contributed by atoms with E-state index in [2.05, 4.69) is 31.5 Å². The van der Waals surface area contributed by atoms with Gasteiger partial charge in [0.15, 0.2) is 0 Å². The highest BCUT2D eigenvalue weighted by Crippen LogP contribution is 2.22. The summed E-state index contributed by atoms with van der Waals surface area (Å²) in [5, 5.41) is 0. The first-order valence-corrected chi connectivity index (χ1v) is 7.32. The molecule has 0 spiro atoms. The molecule has 5 heteroatoms. The lowest BCUT2D eigenvalue weighted by atomic mass is 10.3. The van der Waals surface area contributed by atoms with Crippen LogP contribution in [0.15, 0.2) is 45.7 Å². The Morgan fingerprint density at radius 3 is 2.95 bits per heavy atom. The number of furan rings is 1. The maximum atomic E-state index is 5.87. The van der Waals surface area contributed by atoms with Gasteiger partial charge in [0.25, 0.3) is 0 Å². The Hall–Kier alpha value is -1.26. The first-order chi connectivity index (χ1) is 9.28. The molecular weight excluding hydrogens is 328 g/mol. The minimum atomic E-state index is 0.565. The van der Waals surface area contributed by atoms with Crippen LogP contribution in [0, 0.1) is 0 Å². The summed E-state index contributed by atoms with van der Waals surface area (Å²) in [5.74, 6) is 1.57. The molecular formula is C14H12BrClN2O. The number of hydrogen-bond donors (Lipinski definition) is 0. The second kappa shape index (κ2) is 5.39. The number of aromatic nitrogens is 2. The fraction of sp³-hybridized carbons (Fsp3) is 0.214. The highest BCUT2D eigenvalue weighted by molar-refractivity contribution is 9.10. The number of alkyl halides is 1. The van der Waals surface area contributed by atoms with Gasteiger partial charge in [0, 0.05) is 22.3 Å². The van der Waals surface area contributed by atoms with E-state index in [0.29, 0.717) is 5.88 Å². The van der Waals surface area contributed by atoms with Crippen LogP contribution in [0.5, 0.6) is 0 Å². The zero-order valence-electron chi connectivity index (χ0n) is 10.1. The Morgan fingerprint density at radius 1 is 1.32 bits per heavy atom. The lowest BCUT2D eigenvalue weighted by Gasteiger charge is -2.07. The number of hydrogen-bond acceptors (Lipinski definition) is 2. The van der Waals surface area contributed by atoms with Crippen molar-refractivity contribution < 1.29 is 4.42 Å². The van der Waals surface area contributed by atoms with Crippen molar-refractivity contribution >= 4 is 38.6 Å². The monoisotopic (exact) mass is 338 g/mol. The van der Waals surface area contributed by atoms with Crippen molar-refractivity contribution in [3.05, 3.63) is 52.7 Å². The lowest BCUT2D eigenvalue weighted by Crippen LogP contribution is -2.05. The van der Waals surface area contributed by atoms with Crippen LogP contribution in [0.3, 0.4) is 0 Å². The number of rotatable bonds is 4. The summed E-state index contributed by atoms with van der Waals surface area (Å²) in [4.78, 5) is 4.65. The zero-order valence-corrected chi connectivity index (χ0v) is 12.5. The van der Waals surface area contributed by atoms with E-state index in [0.717, 1.165) is 39.9 Å². The van der Waals surface area contributed by atoms with Gasteiger partial charge in [-0.05, 0) is 24.3 Å². The summed E-state index contributed by atoms with van der Waals surface area (Å²) in [6.45, 7) is 0.746. The third-order valence-corrected chi connectivity index (χ3v) is 3.71. The van der Waals surface area contributed by atoms with Crippen LogP contribution >= 0.6 is 27.5 Å². The molecule has 0 saturated carbocycles. The standard InChI is InChI=1S/C14H12BrClN2O/c15-11-1-2-12-13(7-11)18(14(17-12)3-5-16)8-10-4-6-19-9-10/h1-2,4,6-7,9H,3,5,8H2. The summed E-state index contributed by atoms with van der Waals surface area (Å²) in [7, 11) is 0. The molecule has 1 aromatic carbocycles. The molecule has 0 atom stereocenters. The maximum Gasteiger partial charge on any atom is 0.111 e. The average Bonchev–Trinajstić information content (AvgIpc) is 3.00. The van der Waals surface area contributed by atoms with Gasteiger partial charge in [-0.1, -0.05) is 15.9 Å². The average molecular weight is 340 g/mol. The molecule has 0 aliphatic heterocycles. The summed E-state index contributed by atoms with van der Waals surface area (Å²) in [5.41, 5.74) is 3.22. The van der Waals surface area contributed by atoms with Gasteiger partial charge in [0.2, 0.25) is 0 Å². The number of halogens is 2. The van der Waals surface area contributed by atoms with Crippen LogP contribution < -0.4 is 0 Å². The molecule has 2 aromatic heterocycles. The van der Waals surface area contributed by atoms with Gasteiger partial charge in [-0.25, -0.2) is 4.98 Å². The molecule has 0 aliphatic rings. The molecule has 0 fully saturated rings. The van der Waals surface area contributed by atoms with E-state index >= 15 is 0 Å². The number of benzene rings is 1. The zero-order chi connectivity index (χ0) is 13.2. The van der Waals surface area contributed by atoms with Gasteiger partial charge >= 0.3 is 0 Å². The molecule has 3 aromatic rings. The fourth-order valence-electron chi connectivity index (χ4n) is 2.16. The van der Waals surface area contributed by atoms with Crippen molar-refractivity contribution in [2.75, 3.05) is 5.88 Å².